The van der Waals surface area contributed by atoms with Crippen LogP contribution in [0, 0.1) is 13.8 Å². The van der Waals surface area contributed by atoms with Crippen LogP contribution in [0.25, 0.3) is 11.0 Å². The van der Waals surface area contributed by atoms with E-state index in [1.54, 1.807) is 6.07 Å². The van der Waals surface area contributed by atoms with Crippen molar-refractivity contribution in [2.24, 2.45) is 0 Å². The lowest BCUT2D eigenvalue weighted by Crippen LogP contribution is -2.34. The standard InChI is InChI=1S/C17H22N2O3/c1-10(2)19(5)9-16(20)18-14-8-13-11(3)7-17(21)22-15(13)6-12(14)4/h6-8,10H,9H2,1-5H3,(H,18,20). The number of carbonyl (C=O) groups excluding carboxylic acids is 1. The quantitative estimate of drug-likeness (QED) is 0.882. The van der Waals surface area contributed by atoms with Gasteiger partial charge in [0.2, 0.25) is 5.91 Å². The van der Waals surface area contributed by atoms with Gasteiger partial charge in [-0.15, -0.1) is 0 Å². The molecule has 1 aromatic carbocycles. The Kier molecular flexibility index (Phi) is 4.66. The zero-order chi connectivity index (χ0) is 16.4. The molecule has 118 valence electrons. The zero-order valence-electron chi connectivity index (χ0n) is 13.7. The SMILES string of the molecule is Cc1cc2oc(=O)cc(C)c2cc1NC(=O)CN(C)C(C)C. The van der Waals surface area contributed by atoms with Gasteiger partial charge in [0.05, 0.1) is 6.54 Å². The van der Waals surface area contributed by atoms with Crippen molar-refractivity contribution in [3.8, 4) is 0 Å². The maximum Gasteiger partial charge on any atom is 0.336 e. The van der Waals surface area contributed by atoms with Crippen molar-refractivity contribution in [1.82, 2.24) is 4.90 Å². The van der Waals surface area contributed by atoms with Crippen LogP contribution in [0.15, 0.2) is 27.4 Å². The van der Waals surface area contributed by atoms with E-state index in [1.807, 2.05) is 45.7 Å². The number of aryl methyl sites for hydroxylation is 2. The first-order valence-corrected chi connectivity index (χ1v) is 7.33. The molecule has 5 nitrogen and oxygen atoms in total. The van der Waals surface area contributed by atoms with E-state index in [-0.39, 0.29) is 11.5 Å². The summed E-state index contributed by atoms with van der Waals surface area (Å²) in [5, 5.41) is 3.76. The smallest absolute Gasteiger partial charge is 0.336 e. The highest BCUT2D eigenvalue weighted by Gasteiger charge is 2.12. The molecule has 1 N–H and O–H groups in total. The van der Waals surface area contributed by atoms with E-state index in [0.29, 0.717) is 18.2 Å². The van der Waals surface area contributed by atoms with Crippen molar-refractivity contribution in [3.05, 3.63) is 39.7 Å². The molecule has 0 bridgehead atoms. The number of carbonyl (C=O) groups is 1. The van der Waals surface area contributed by atoms with Crippen LogP contribution in [-0.2, 0) is 4.79 Å². The lowest BCUT2D eigenvalue weighted by atomic mass is 10.1. The Balaban J connectivity index is 2.30. The Labute approximate surface area is 129 Å². The Morgan fingerprint density at radius 1 is 1.23 bits per heavy atom. The van der Waals surface area contributed by atoms with Gasteiger partial charge in [0, 0.05) is 23.2 Å². The highest BCUT2D eigenvalue weighted by atomic mass is 16.4. The monoisotopic (exact) mass is 302 g/mol. The van der Waals surface area contributed by atoms with E-state index in [2.05, 4.69) is 5.32 Å². The topological polar surface area (TPSA) is 62.6 Å². The number of amides is 1. The highest BCUT2D eigenvalue weighted by Crippen LogP contribution is 2.25. The van der Waals surface area contributed by atoms with Crippen molar-refractivity contribution in [1.29, 1.82) is 0 Å². The van der Waals surface area contributed by atoms with Gasteiger partial charge in [0.15, 0.2) is 0 Å². The number of anilines is 1. The molecule has 0 spiro atoms. The molecule has 1 aromatic heterocycles. The fraction of sp³-hybridized carbons (Fsp3) is 0.412. The van der Waals surface area contributed by atoms with Crippen molar-refractivity contribution in [2.45, 2.75) is 33.7 Å². The molecular formula is C17H22N2O3. The molecular weight excluding hydrogens is 280 g/mol. The number of nitrogens with zero attached hydrogens (tertiary/aromatic N) is 1. The lowest BCUT2D eigenvalue weighted by Gasteiger charge is -2.20. The summed E-state index contributed by atoms with van der Waals surface area (Å²) in [4.78, 5) is 25.5. The second-order valence-corrected chi connectivity index (χ2v) is 5.97. The second kappa shape index (κ2) is 6.32. The number of rotatable bonds is 4. The predicted octanol–water partition coefficient (Wildman–Crippen LogP) is 2.69. The number of hydrogen-bond donors (Lipinski definition) is 1. The highest BCUT2D eigenvalue weighted by molar-refractivity contribution is 5.96. The van der Waals surface area contributed by atoms with Gasteiger partial charge in [-0.3, -0.25) is 9.69 Å². The number of benzene rings is 1. The second-order valence-electron chi connectivity index (χ2n) is 5.97. The third kappa shape index (κ3) is 3.54. The summed E-state index contributed by atoms with van der Waals surface area (Å²) in [5.41, 5.74) is 2.62. The maximum atomic E-state index is 12.1. The molecule has 0 unspecified atom stereocenters. The van der Waals surface area contributed by atoms with E-state index in [0.717, 1.165) is 22.2 Å². The van der Waals surface area contributed by atoms with Gasteiger partial charge in [-0.25, -0.2) is 4.79 Å². The van der Waals surface area contributed by atoms with E-state index < -0.39 is 0 Å². The summed E-state index contributed by atoms with van der Waals surface area (Å²) in [6.07, 6.45) is 0. The Hall–Kier alpha value is -2.14. The third-order valence-corrected chi connectivity index (χ3v) is 3.84. The first-order chi connectivity index (χ1) is 10.3. The van der Waals surface area contributed by atoms with Crippen LogP contribution >= 0.6 is 0 Å². The van der Waals surface area contributed by atoms with Crippen molar-refractivity contribution in [2.75, 3.05) is 18.9 Å². The largest absolute Gasteiger partial charge is 0.423 e. The van der Waals surface area contributed by atoms with Crippen LogP contribution in [0.5, 0.6) is 0 Å². The lowest BCUT2D eigenvalue weighted by molar-refractivity contribution is -0.117. The minimum atomic E-state index is -0.361. The molecule has 0 aliphatic carbocycles. The molecule has 0 fully saturated rings. The van der Waals surface area contributed by atoms with Gasteiger partial charge >= 0.3 is 5.63 Å². The van der Waals surface area contributed by atoms with Gasteiger partial charge in [0.25, 0.3) is 0 Å². The molecule has 0 aliphatic rings. The molecule has 5 heteroatoms. The first-order valence-electron chi connectivity index (χ1n) is 7.33. The van der Waals surface area contributed by atoms with E-state index in [9.17, 15) is 9.59 Å². The number of nitrogens with one attached hydrogen (secondary N) is 1. The normalized spacial score (nSPS) is 11.4. The molecule has 0 aliphatic heterocycles. The van der Waals surface area contributed by atoms with Crippen LogP contribution in [0.2, 0.25) is 0 Å². The molecule has 0 saturated heterocycles. The minimum absolute atomic E-state index is 0.0614. The average molecular weight is 302 g/mol. The summed E-state index contributed by atoms with van der Waals surface area (Å²) in [6, 6.07) is 5.40. The number of likely N-dealkylation sites (N-methyl/N-ethyl adjacent to an activating group) is 1. The van der Waals surface area contributed by atoms with Gasteiger partial charge in [-0.05, 0) is 58.0 Å². The fourth-order valence-electron chi connectivity index (χ4n) is 2.20. The van der Waals surface area contributed by atoms with E-state index in [1.165, 1.54) is 6.07 Å². The number of hydrogen-bond acceptors (Lipinski definition) is 4. The van der Waals surface area contributed by atoms with Gasteiger partial charge in [0.1, 0.15) is 5.58 Å². The molecule has 1 heterocycles. The summed E-state index contributed by atoms with van der Waals surface area (Å²) in [7, 11) is 1.91. The molecule has 2 aromatic rings. The molecule has 0 radical (unpaired) electrons. The summed E-state index contributed by atoms with van der Waals surface area (Å²) >= 11 is 0. The molecule has 0 atom stereocenters. The molecule has 1 amide bonds. The fourth-order valence-corrected chi connectivity index (χ4v) is 2.20. The van der Waals surface area contributed by atoms with Gasteiger partial charge in [-0.2, -0.15) is 0 Å². The van der Waals surface area contributed by atoms with Crippen molar-refractivity contribution < 1.29 is 9.21 Å². The summed E-state index contributed by atoms with van der Waals surface area (Å²) in [5.74, 6) is -0.0614. The average Bonchev–Trinajstić information content (AvgIpc) is 2.40. The van der Waals surface area contributed by atoms with Crippen LogP contribution in [0.3, 0.4) is 0 Å². The van der Waals surface area contributed by atoms with Gasteiger partial charge in [-0.1, -0.05) is 0 Å². The van der Waals surface area contributed by atoms with Crippen molar-refractivity contribution in [3.63, 3.8) is 0 Å². The van der Waals surface area contributed by atoms with Crippen LogP contribution in [0.4, 0.5) is 5.69 Å². The zero-order valence-corrected chi connectivity index (χ0v) is 13.7. The maximum absolute atomic E-state index is 12.1. The Bertz CT molecular complexity index is 762. The van der Waals surface area contributed by atoms with Crippen LogP contribution < -0.4 is 10.9 Å². The van der Waals surface area contributed by atoms with Gasteiger partial charge < -0.3 is 9.73 Å². The summed E-state index contributed by atoms with van der Waals surface area (Å²) < 4.78 is 5.20. The molecule has 0 saturated carbocycles. The third-order valence-electron chi connectivity index (χ3n) is 3.84. The number of fused-ring (bicyclic) bond motifs is 1. The predicted molar refractivity (Wildman–Crippen MR) is 88.4 cm³/mol. The summed E-state index contributed by atoms with van der Waals surface area (Å²) in [6.45, 7) is 8.15. The van der Waals surface area contributed by atoms with Crippen molar-refractivity contribution >= 4 is 22.6 Å². The van der Waals surface area contributed by atoms with Crippen LogP contribution in [0.1, 0.15) is 25.0 Å². The Morgan fingerprint density at radius 2 is 1.91 bits per heavy atom. The van der Waals surface area contributed by atoms with E-state index >= 15 is 0 Å². The first kappa shape index (κ1) is 16.2. The molecule has 22 heavy (non-hydrogen) atoms. The molecule has 2 rings (SSSR count). The van der Waals surface area contributed by atoms with E-state index in [4.69, 9.17) is 4.42 Å². The van der Waals surface area contributed by atoms with Crippen LogP contribution in [-0.4, -0.2) is 30.4 Å². The Morgan fingerprint density at radius 3 is 2.55 bits per heavy atom. The minimum Gasteiger partial charge on any atom is -0.423 e.